The molecule has 94 valence electrons. The van der Waals surface area contributed by atoms with Crippen LogP contribution in [0.25, 0.3) is 0 Å². The number of rotatable bonds is 3. The second-order valence-electron chi connectivity index (χ2n) is 4.31. The van der Waals surface area contributed by atoms with E-state index in [4.69, 9.17) is 5.73 Å². The number of nitrogens with one attached hydrogen (secondary N) is 1. The van der Waals surface area contributed by atoms with Crippen molar-refractivity contribution >= 4 is 23.4 Å². The highest BCUT2D eigenvalue weighted by atomic mass is 32.2. The molecule has 1 aliphatic carbocycles. The van der Waals surface area contributed by atoms with Gasteiger partial charge in [0.25, 0.3) is 0 Å². The first-order chi connectivity index (χ1) is 8.17. The normalized spacial score (nSPS) is 24.6. The standard InChI is InChI=1S/C11H18N4OS/c1-17-11-14-9(12)6-10(15-11)13-7-2-4-8(16)5-3-7/h6-8,16H,2-5H2,1H3,(H3,12,13,14,15). The van der Waals surface area contributed by atoms with E-state index < -0.39 is 0 Å². The van der Waals surface area contributed by atoms with Crippen molar-refractivity contribution in [3.8, 4) is 0 Å². The van der Waals surface area contributed by atoms with E-state index in [9.17, 15) is 5.11 Å². The molecule has 0 atom stereocenters. The van der Waals surface area contributed by atoms with Gasteiger partial charge in [0.05, 0.1) is 6.10 Å². The predicted octanol–water partition coefficient (Wildman–Crippen LogP) is 1.50. The molecule has 0 bridgehead atoms. The van der Waals surface area contributed by atoms with E-state index in [2.05, 4.69) is 15.3 Å². The number of hydrogen-bond donors (Lipinski definition) is 3. The number of hydrogen-bond acceptors (Lipinski definition) is 6. The summed E-state index contributed by atoms with van der Waals surface area (Å²) in [6.45, 7) is 0. The van der Waals surface area contributed by atoms with Crippen LogP contribution < -0.4 is 11.1 Å². The molecule has 4 N–H and O–H groups in total. The number of nitrogen functional groups attached to an aromatic ring is 1. The van der Waals surface area contributed by atoms with Gasteiger partial charge < -0.3 is 16.2 Å². The van der Waals surface area contributed by atoms with Crippen LogP contribution in [0.5, 0.6) is 0 Å². The summed E-state index contributed by atoms with van der Waals surface area (Å²) in [4.78, 5) is 8.47. The van der Waals surface area contributed by atoms with Crippen molar-refractivity contribution in [2.45, 2.75) is 43.0 Å². The lowest BCUT2D eigenvalue weighted by Gasteiger charge is -2.26. The minimum Gasteiger partial charge on any atom is -0.393 e. The summed E-state index contributed by atoms with van der Waals surface area (Å²) in [7, 11) is 0. The second kappa shape index (κ2) is 5.55. The van der Waals surface area contributed by atoms with Crippen LogP contribution in [-0.2, 0) is 0 Å². The molecule has 2 rings (SSSR count). The van der Waals surface area contributed by atoms with Gasteiger partial charge in [0.1, 0.15) is 11.6 Å². The van der Waals surface area contributed by atoms with Crippen LogP contribution in [0.4, 0.5) is 11.6 Å². The van der Waals surface area contributed by atoms with Gasteiger partial charge in [0.15, 0.2) is 5.16 Å². The Bertz CT molecular complexity index is 380. The molecule has 0 unspecified atom stereocenters. The maximum atomic E-state index is 9.44. The average Bonchev–Trinajstić information content (AvgIpc) is 2.31. The maximum absolute atomic E-state index is 9.44. The number of aliphatic hydroxyl groups excluding tert-OH is 1. The quantitative estimate of drug-likeness (QED) is 0.560. The van der Waals surface area contributed by atoms with Gasteiger partial charge in [-0.3, -0.25) is 0 Å². The summed E-state index contributed by atoms with van der Waals surface area (Å²) in [5.74, 6) is 1.27. The highest BCUT2D eigenvalue weighted by molar-refractivity contribution is 7.98. The smallest absolute Gasteiger partial charge is 0.191 e. The Hall–Kier alpha value is -1.01. The van der Waals surface area contributed by atoms with Crippen LogP contribution >= 0.6 is 11.8 Å². The molecule has 17 heavy (non-hydrogen) atoms. The molecule has 0 saturated heterocycles. The van der Waals surface area contributed by atoms with Crippen molar-refractivity contribution < 1.29 is 5.11 Å². The lowest BCUT2D eigenvalue weighted by molar-refractivity contribution is 0.126. The Morgan fingerprint density at radius 2 is 2.06 bits per heavy atom. The van der Waals surface area contributed by atoms with E-state index >= 15 is 0 Å². The van der Waals surface area contributed by atoms with Gasteiger partial charge >= 0.3 is 0 Å². The van der Waals surface area contributed by atoms with Crippen LogP contribution in [0, 0.1) is 0 Å². The largest absolute Gasteiger partial charge is 0.393 e. The summed E-state index contributed by atoms with van der Waals surface area (Å²) < 4.78 is 0. The topological polar surface area (TPSA) is 84.1 Å². The van der Waals surface area contributed by atoms with Crippen LogP contribution in [0.15, 0.2) is 11.2 Å². The number of aromatic nitrogens is 2. The van der Waals surface area contributed by atoms with Gasteiger partial charge in [0.2, 0.25) is 0 Å². The highest BCUT2D eigenvalue weighted by Crippen LogP contribution is 2.23. The van der Waals surface area contributed by atoms with Crippen molar-refractivity contribution in [3.63, 3.8) is 0 Å². The Kier molecular flexibility index (Phi) is 4.06. The molecular weight excluding hydrogens is 236 g/mol. The third kappa shape index (κ3) is 3.47. The molecule has 6 heteroatoms. The van der Waals surface area contributed by atoms with E-state index in [1.54, 1.807) is 6.07 Å². The summed E-state index contributed by atoms with van der Waals surface area (Å²) in [5, 5.41) is 13.5. The highest BCUT2D eigenvalue weighted by Gasteiger charge is 2.19. The molecule has 1 aliphatic rings. The Balaban J connectivity index is 2.00. The van der Waals surface area contributed by atoms with Crippen LogP contribution in [0.3, 0.4) is 0 Å². The molecular formula is C11H18N4OS. The van der Waals surface area contributed by atoms with Crippen molar-refractivity contribution in [1.29, 1.82) is 0 Å². The van der Waals surface area contributed by atoms with E-state index in [1.165, 1.54) is 11.8 Å². The third-order valence-electron chi connectivity index (χ3n) is 2.96. The second-order valence-corrected chi connectivity index (χ2v) is 5.09. The average molecular weight is 254 g/mol. The SMILES string of the molecule is CSc1nc(N)cc(NC2CCC(O)CC2)n1. The minimum absolute atomic E-state index is 0.134. The molecule has 0 amide bonds. The first-order valence-corrected chi connectivity index (χ1v) is 7.03. The zero-order valence-electron chi connectivity index (χ0n) is 9.89. The molecule has 1 aromatic rings. The van der Waals surface area contributed by atoms with Crippen molar-refractivity contribution in [2.24, 2.45) is 0 Å². The summed E-state index contributed by atoms with van der Waals surface area (Å²) >= 11 is 1.48. The fraction of sp³-hybridized carbons (Fsp3) is 0.636. The van der Waals surface area contributed by atoms with E-state index in [1.807, 2.05) is 6.26 Å². The van der Waals surface area contributed by atoms with Gasteiger partial charge in [-0.1, -0.05) is 11.8 Å². The van der Waals surface area contributed by atoms with Gasteiger partial charge in [-0.2, -0.15) is 0 Å². The monoisotopic (exact) mass is 254 g/mol. The van der Waals surface area contributed by atoms with E-state index in [-0.39, 0.29) is 6.10 Å². The Morgan fingerprint density at radius 3 is 2.71 bits per heavy atom. The molecule has 1 aromatic heterocycles. The number of nitrogens with zero attached hydrogens (tertiary/aromatic N) is 2. The number of thioether (sulfide) groups is 1. The van der Waals surface area contributed by atoms with Gasteiger partial charge in [-0.05, 0) is 31.9 Å². The molecule has 1 saturated carbocycles. The van der Waals surface area contributed by atoms with Crippen molar-refractivity contribution in [1.82, 2.24) is 9.97 Å². The lowest BCUT2D eigenvalue weighted by atomic mass is 9.93. The van der Waals surface area contributed by atoms with Crippen LogP contribution in [0.1, 0.15) is 25.7 Å². The fourth-order valence-electron chi connectivity index (χ4n) is 2.04. The number of aliphatic hydroxyl groups is 1. The predicted molar refractivity (Wildman–Crippen MR) is 70.1 cm³/mol. The molecule has 5 nitrogen and oxygen atoms in total. The third-order valence-corrected chi connectivity index (χ3v) is 3.50. The molecule has 0 radical (unpaired) electrons. The summed E-state index contributed by atoms with van der Waals surface area (Å²) in [6, 6.07) is 2.13. The molecule has 0 aromatic carbocycles. The maximum Gasteiger partial charge on any atom is 0.191 e. The van der Waals surface area contributed by atoms with Gasteiger partial charge in [-0.25, -0.2) is 9.97 Å². The zero-order chi connectivity index (χ0) is 12.3. The summed E-state index contributed by atoms with van der Waals surface area (Å²) in [5.41, 5.74) is 5.72. The van der Waals surface area contributed by atoms with E-state index in [0.717, 1.165) is 31.5 Å². The van der Waals surface area contributed by atoms with Gasteiger partial charge in [0, 0.05) is 12.1 Å². The van der Waals surface area contributed by atoms with Crippen molar-refractivity contribution in [3.05, 3.63) is 6.07 Å². The number of nitrogens with two attached hydrogens (primary N) is 1. The Labute approximate surface area is 105 Å². The molecule has 1 heterocycles. The van der Waals surface area contributed by atoms with Crippen molar-refractivity contribution in [2.75, 3.05) is 17.3 Å². The summed E-state index contributed by atoms with van der Waals surface area (Å²) in [6.07, 6.45) is 5.45. The fourth-order valence-corrected chi connectivity index (χ4v) is 2.42. The van der Waals surface area contributed by atoms with E-state index in [0.29, 0.717) is 17.0 Å². The lowest BCUT2D eigenvalue weighted by Crippen LogP contribution is -2.28. The van der Waals surface area contributed by atoms with Crippen LogP contribution in [0.2, 0.25) is 0 Å². The zero-order valence-corrected chi connectivity index (χ0v) is 10.7. The van der Waals surface area contributed by atoms with Crippen LogP contribution in [-0.4, -0.2) is 33.5 Å². The first kappa shape index (κ1) is 12.4. The number of anilines is 2. The molecule has 0 spiro atoms. The molecule has 1 fully saturated rings. The van der Waals surface area contributed by atoms with Gasteiger partial charge in [-0.15, -0.1) is 0 Å². The first-order valence-electron chi connectivity index (χ1n) is 5.80. The Morgan fingerprint density at radius 1 is 1.35 bits per heavy atom. The molecule has 0 aliphatic heterocycles. The minimum atomic E-state index is -0.134.